The topological polar surface area (TPSA) is 71.5 Å². The summed E-state index contributed by atoms with van der Waals surface area (Å²) in [5.74, 6) is 0.550. The number of aliphatic hydroxyl groups is 1. The average Bonchev–Trinajstić information content (AvgIpc) is 3.12. The first-order chi connectivity index (χ1) is 13.6. The lowest BCUT2D eigenvalue weighted by atomic mass is 10.0. The van der Waals surface area contributed by atoms with Gasteiger partial charge in [-0.15, -0.1) is 11.3 Å². The van der Waals surface area contributed by atoms with Gasteiger partial charge in [-0.3, -0.25) is 9.78 Å². The van der Waals surface area contributed by atoms with Gasteiger partial charge in [-0.05, 0) is 30.7 Å². The second kappa shape index (κ2) is 7.58. The Labute approximate surface area is 166 Å². The molecule has 0 radical (unpaired) electrons. The van der Waals surface area contributed by atoms with Gasteiger partial charge in [0.05, 0.1) is 18.7 Å². The minimum Gasteiger partial charge on any atom is -0.497 e. The maximum Gasteiger partial charge on any atom is 0.262 e. The Bertz CT molecular complexity index is 1150. The van der Waals surface area contributed by atoms with Crippen molar-refractivity contribution in [3.63, 3.8) is 0 Å². The fourth-order valence-corrected chi connectivity index (χ4v) is 4.45. The SMILES string of the molecule is COc1ccc2ncc3c(-c4ccccc4)c(C(=O)NC[C@@H](C)O)sc3c2c1. The van der Waals surface area contributed by atoms with Crippen LogP contribution in [0.15, 0.2) is 54.7 Å². The van der Waals surface area contributed by atoms with Gasteiger partial charge in [0, 0.05) is 33.8 Å². The van der Waals surface area contributed by atoms with Crippen molar-refractivity contribution >= 4 is 38.2 Å². The molecule has 2 heterocycles. The van der Waals surface area contributed by atoms with Gasteiger partial charge in [0.25, 0.3) is 5.91 Å². The molecule has 0 bridgehead atoms. The normalized spacial score (nSPS) is 12.2. The van der Waals surface area contributed by atoms with Crippen LogP contribution < -0.4 is 10.1 Å². The summed E-state index contributed by atoms with van der Waals surface area (Å²) in [6, 6.07) is 15.6. The van der Waals surface area contributed by atoms with E-state index in [1.54, 1.807) is 14.0 Å². The molecule has 28 heavy (non-hydrogen) atoms. The van der Waals surface area contributed by atoms with E-state index in [-0.39, 0.29) is 12.5 Å². The van der Waals surface area contributed by atoms with Gasteiger partial charge < -0.3 is 15.2 Å². The van der Waals surface area contributed by atoms with E-state index in [9.17, 15) is 9.90 Å². The van der Waals surface area contributed by atoms with E-state index < -0.39 is 6.10 Å². The van der Waals surface area contributed by atoms with E-state index in [1.807, 2.05) is 54.7 Å². The van der Waals surface area contributed by atoms with Gasteiger partial charge in [-0.1, -0.05) is 30.3 Å². The van der Waals surface area contributed by atoms with Crippen molar-refractivity contribution in [2.45, 2.75) is 13.0 Å². The number of ether oxygens (including phenoxy) is 1. The Morgan fingerprint density at radius 3 is 2.71 bits per heavy atom. The van der Waals surface area contributed by atoms with Crippen molar-refractivity contribution < 1.29 is 14.6 Å². The van der Waals surface area contributed by atoms with Crippen LogP contribution in [0.1, 0.15) is 16.6 Å². The Hall–Kier alpha value is -2.96. The van der Waals surface area contributed by atoms with Crippen molar-refractivity contribution in [3.05, 3.63) is 59.6 Å². The lowest BCUT2D eigenvalue weighted by Crippen LogP contribution is -2.30. The third-order valence-corrected chi connectivity index (χ3v) is 5.79. The van der Waals surface area contributed by atoms with Crippen molar-refractivity contribution in [2.75, 3.05) is 13.7 Å². The van der Waals surface area contributed by atoms with E-state index in [1.165, 1.54) is 11.3 Å². The molecule has 5 nitrogen and oxygen atoms in total. The largest absolute Gasteiger partial charge is 0.497 e. The first kappa shape index (κ1) is 18.4. The van der Waals surface area contributed by atoms with Gasteiger partial charge in [0.15, 0.2) is 0 Å². The molecule has 1 amide bonds. The second-order valence-corrected chi connectivity index (χ2v) is 7.64. The van der Waals surface area contributed by atoms with Crippen LogP contribution in [0.2, 0.25) is 0 Å². The van der Waals surface area contributed by atoms with Crippen molar-refractivity contribution in [2.24, 2.45) is 0 Å². The molecule has 1 atom stereocenters. The van der Waals surface area contributed by atoms with E-state index in [2.05, 4.69) is 10.3 Å². The molecule has 0 aliphatic heterocycles. The number of fused-ring (bicyclic) bond motifs is 3. The van der Waals surface area contributed by atoms with E-state index >= 15 is 0 Å². The second-order valence-electron chi connectivity index (χ2n) is 6.62. The maximum absolute atomic E-state index is 12.9. The number of hydrogen-bond acceptors (Lipinski definition) is 5. The van der Waals surface area contributed by atoms with Gasteiger partial charge in [0.2, 0.25) is 0 Å². The Kier molecular flexibility index (Phi) is 4.98. The van der Waals surface area contributed by atoms with E-state index in [0.29, 0.717) is 4.88 Å². The molecule has 6 heteroatoms. The number of nitrogens with zero attached hydrogens (tertiary/aromatic N) is 1. The number of amides is 1. The zero-order valence-corrected chi connectivity index (χ0v) is 16.4. The molecule has 2 aromatic heterocycles. The zero-order chi connectivity index (χ0) is 19.7. The summed E-state index contributed by atoms with van der Waals surface area (Å²) in [4.78, 5) is 18.1. The van der Waals surface area contributed by atoms with Crippen molar-refractivity contribution in [3.8, 4) is 16.9 Å². The van der Waals surface area contributed by atoms with Crippen molar-refractivity contribution in [1.82, 2.24) is 10.3 Å². The number of benzene rings is 2. The van der Waals surface area contributed by atoms with Gasteiger partial charge >= 0.3 is 0 Å². The summed E-state index contributed by atoms with van der Waals surface area (Å²) in [7, 11) is 1.63. The number of methoxy groups -OCH3 is 1. The molecular formula is C22H20N2O3S. The van der Waals surface area contributed by atoms with Crippen LogP contribution in [0.3, 0.4) is 0 Å². The van der Waals surface area contributed by atoms with E-state index in [0.717, 1.165) is 37.9 Å². The van der Waals surface area contributed by atoms with Crippen LogP contribution in [-0.2, 0) is 0 Å². The van der Waals surface area contributed by atoms with Gasteiger partial charge in [-0.2, -0.15) is 0 Å². The molecule has 0 unspecified atom stereocenters. The monoisotopic (exact) mass is 392 g/mol. The molecule has 142 valence electrons. The highest BCUT2D eigenvalue weighted by molar-refractivity contribution is 7.22. The average molecular weight is 392 g/mol. The molecule has 0 spiro atoms. The maximum atomic E-state index is 12.9. The summed E-state index contributed by atoms with van der Waals surface area (Å²) in [6.45, 7) is 1.85. The molecule has 0 aliphatic carbocycles. The highest BCUT2D eigenvalue weighted by Crippen LogP contribution is 2.42. The minimum atomic E-state index is -0.606. The number of thiophene rings is 1. The van der Waals surface area contributed by atoms with Crippen LogP contribution in [0.5, 0.6) is 5.75 Å². The third-order valence-electron chi connectivity index (χ3n) is 4.55. The summed E-state index contributed by atoms with van der Waals surface area (Å²) in [5.41, 5.74) is 2.67. The third kappa shape index (κ3) is 3.32. The van der Waals surface area contributed by atoms with Crippen LogP contribution >= 0.6 is 11.3 Å². The van der Waals surface area contributed by atoms with Crippen LogP contribution in [0.25, 0.3) is 32.1 Å². The Morgan fingerprint density at radius 1 is 1.21 bits per heavy atom. The zero-order valence-electron chi connectivity index (χ0n) is 15.6. The van der Waals surface area contributed by atoms with Crippen molar-refractivity contribution in [1.29, 1.82) is 0 Å². The summed E-state index contributed by atoms with van der Waals surface area (Å²) in [6.07, 6.45) is 1.22. The standard InChI is InChI=1S/C22H20N2O3S/c1-13(25)11-24-22(26)21-19(14-6-4-3-5-7-14)17-12-23-18-9-8-15(27-2)10-16(18)20(17)28-21/h3-10,12-13,25H,11H2,1-2H3,(H,24,26)/t13-/m1/s1. The Morgan fingerprint density at radius 2 is 2.00 bits per heavy atom. The summed E-state index contributed by atoms with van der Waals surface area (Å²) < 4.78 is 6.37. The van der Waals surface area contributed by atoms with Gasteiger partial charge in [-0.25, -0.2) is 0 Å². The molecular weight excluding hydrogens is 372 g/mol. The minimum absolute atomic E-state index is 0.197. The lowest BCUT2D eigenvalue weighted by Gasteiger charge is -2.08. The smallest absolute Gasteiger partial charge is 0.262 e. The van der Waals surface area contributed by atoms with Crippen LogP contribution in [-0.4, -0.2) is 35.8 Å². The van der Waals surface area contributed by atoms with Crippen LogP contribution in [0.4, 0.5) is 0 Å². The molecule has 4 rings (SSSR count). The lowest BCUT2D eigenvalue weighted by molar-refractivity contribution is 0.0928. The highest BCUT2D eigenvalue weighted by Gasteiger charge is 2.21. The number of aromatic nitrogens is 1. The Balaban J connectivity index is 1.98. The highest BCUT2D eigenvalue weighted by atomic mass is 32.1. The van der Waals surface area contributed by atoms with Gasteiger partial charge in [0.1, 0.15) is 10.6 Å². The molecule has 2 N–H and O–H groups in total. The quantitative estimate of drug-likeness (QED) is 0.533. The fraction of sp³-hybridized carbons (Fsp3) is 0.182. The number of carbonyl (C=O) groups is 1. The number of nitrogens with one attached hydrogen (secondary N) is 1. The number of aliphatic hydroxyl groups excluding tert-OH is 1. The number of rotatable bonds is 5. The van der Waals surface area contributed by atoms with Crippen LogP contribution in [0, 0.1) is 0 Å². The molecule has 2 aromatic carbocycles. The molecule has 0 saturated carbocycles. The fourth-order valence-electron chi connectivity index (χ4n) is 3.21. The number of hydrogen-bond donors (Lipinski definition) is 2. The first-order valence-electron chi connectivity index (χ1n) is 8.99. The predicted octanol–water partition coefficient (Wildman–Crippen LogP) is 4.24. The molecule has 0 aliphatic rings. The molecule has 0 fully saturated rings. The molecule has 4 aromatic rings. The number of pyridine rings is 1. The molecule has 0 saturated heterocycles. The predicted molar refractivity (Wildman–Crippen MR) is 113 cm³/mol. The first-order valence-corrected chi connectivity index (χ1v) is 9.81. The number of carbonyl (C=O) groups excluding carboxylic acids is 1. The summed E-state index contributed by atoms with van der Waals surface area (Å²) in [5, 5.41) is 14.2. The van der Waals surface area contributed by atoms with E-state index in [4.69, 9.17) is 4.74 Å². The summed E-state index contributed by atoms with van der Waals surface area (Å²) >= 11 is 1.44.